The number of hydrogen-bond donors (Lipinski definition) is 3. The quantitative estimate of drug-likeness (QED) is 0.626. The Hall–Kier alpha value is -3.51. The van der Waals surface area contributed by atoms with E-state index in [-0.39, 0.29) is 12.3 Å². The number of hydrogen-bond acceptors (Lipinski definition) is 4. The van der Waals surface area contributed by atoms with Crippen molar-refractivity contribution in [2.45, 2.75) is 12.0 Å². The summed E-state index contributed by atoms with van der Waals surface area (Å²) in [6.45, 7) is 0. The number of pyridine rings is 1. The van der Waals surface area contributed by atoms with Crippen molar-refractivity contribution in [1.29, 1.82) is 0 Å². The number of anilines is 1. The minimum Gasteiger partial charge on any atom is -0.368 e. The highest BCUT2D eigenvalue weighted by Gasteiger charge is 2.34. The third-order valence-corrected chi connectivity index (χ3v) is 4.37. The molecule has 0 radical (unpaired) electrons. The molecule has 0 aliphatic carbocycles. The third kappa shape index (κ3) is 4.19. The van der Waals surface area contributed by atoms with E-state index >= 15 is 0 Å². The summed E-state index contributed by atoms with van der Waals surface area (Å²) in [5.74, 6) is -0.891. The molecule has 1 heterocycles. The molecule has 136 valence electrons. The van der Waals surface area contributed by atoms with Crippen molar-refractivity contribution in [2.75, 3.05) is 5.32 Å². The van der Waals surface area contributed by atoms with Gasteiger partial charge in [-0.15, -0.1) is 0 Å². The minimum atomic E-state index is -1.36. The second-order valence-electron chi connectivity index (χ2n) is 6.27. The average Bonchev–Trinajstić information content (AvgIpc) is 2.69. The molecule has 2 amide bonds. The molecule has 6 heteroatoms. The van der Waals surface area contributed by atoms with Gasteiger partial charge in [-0.05, 0) is 35.4 Å². The van der Waals surface area contributed by atoms with E-state index in [2.05, 4.69) is 10.3 Å². The van der Waals surface area contributed by atoms with Crippen LogP contribution in [-0.2, 0) is 16.8 Å². The highest BCUT2D eigenvalue weighted by molar-refractivity contribution is 6.04. The van der Waals surface area contributed by atoms with Crippen LogP contribution in [0.15, 0.2) is 79.1 Å². The molecule has 0 aliphatic heterocycles. The summed E-state index contributed by atoms with van der Waals surface area (Å²) >= 11 is 0. The van der Waals surface area contributed by atoms with Gasteiger partial charge in [0.2, 0.25) is 5.91 Å². The highest BCUT2D eigenvalue weighted by Crippen LogP contribution is 2.24. The number of amides is 2. The van der Waals surface area contributed by atoms with E-state index in [1.54, 1.807) is 48.8 Å². The average molecular weight is 360 g/mol. The van der Waals surface area contributed by atoms with Crippen LogP contribution < -0.4 is 16.8 Å². The number of aromatic nitrogens is 1. The Labute approximate surface area is 157 Å². The first kappa shape index (κ1) is 18.3. The lowest BCUT2D eigenvalue weighted by molar-refractivity contribution is -0.123. The van der Waals surface area contributed by atoms with E-state index < -0.39 is 11.4 Å². The molecule has 2 aromatic carbocycles. The molecule has 0 bridgehead atoms. The van der Waals surface area contributed by atoms with Gasteiger partial charge in [-0.1, -0.05) is 42.5 Å². The third-order valence-electron chi connectivity index (χ3n) is 4.37. The number of nitrogens with one attached hydrogen (secondary N) is 1. The van der Waals surface area contributed by atoms with Gasteiger partial charge in [0, 0.05) is 30.1 Å². The number of benzene rings is 2. The van der Waals surface area contributed by atoms with Gasteiger partial charge in [0.25, 0.3) is 5.91 Å². The van der Waals surface area contributed by atoms with Crippen molar-refractivity contribution in [2.24, 2.45) is 11.5 Å². The fourth-order valence-corrected chi connectivity index (χ4v) is 2.81. The Bertz CT molecular complexity index is 927. The Balaban J connectivity index is 1.81. The zero-order valence-corrected chi connectivity index (χ0v) is 14.6. The van der Waals surface area contributed by atoms with Crippen molar-refractivity contribution in [1.82, 2.24) is 4.98 Å². The number of rotatable bonds is 6. The molecule has 0 fully saturated rings. The van der Waals surface area contributed by atoms with Crippen molar-refractivity contribution < 1.29 is 9.59 Å². The summed E-state index contributed by atoms with van der Waals surface area (Å²) in [6.07, 6.45) is 3.46. The molecule has 0 aliphatic rings. The summed E-state index contributed by atoms with van der Waals surface area (Å²) in [5, 5.41) is 2.78. The zero-order chi connectivity index (χ0) is 19.3. The first-order chi connectivity index (χ1) is 13.0. The maximum Gasteiger partial charge on any atom is 0.255 e. The molecule has 0 spiro atoms. The van der Waals surface area contributed by atoms with Gasteiger partial charge < -0.3 is 16.8 Å². The molecule has 3 aromatic rings. The van der Waals surface area contributed by atoms with E-state index in [1.165, 1.54) is 0 Å². The monoisotopic (exact) mass is 360 g/mol. The molecule has 1 atom stereocenters. The fourth-order valence-electron chi connectivity index (χ4n) is 2.81. The number of nitrogens with two attached hydrogens (primary N) is 2. The summed E-state index contributed by atoms with van der Waals surface area (Å²) < 4.78 is 0. The van der Waals surface area contributed by atoms with Gasteiger partial charge in [0.15, 0.2) is 0 Å². The van der Waals surface area contributed by atoms with Crippen LogP contribution in [0, 0.1) is 0 Å². The van der Waals surface area contributed by atoms with Crippen molar-refractivity contribution >= 4 is 17.5 Å². The molecule has 27 heavy (non-hydrogen) atoms. The maximum absolute atomic E-state index is 12.3. The lowest BCUT2D eigenvalue weighted by Gasteiger charge is -2.27. The molecule has 1 unspecified atom stereocenters. The van der Waals surface area contributed by atoms with Crippen molar-refractivity contribution in [3.8, 4) is 0 Å². The van der Waals surface area contributed by atoms with Crippen LogP contribution in [-0.4, -0.2) is 16.8 Å². The van der Waals surface area contributed by atoms with Crippen molar-refractivity contribution in [3.05, 3.63) is 95.8 Å². The second kappa shape index (κ2) is 7.80. The standard InChI is InChI=1S/C21H20N4O2/c22-20(27)21(23,14-15-4-2-1-3-5-15)17-8-6-16(7-9-17)19(26)25-18-10-12-24-13-11-18/h1-13H,14,23H2,(H2,22,27)(H,24,25,26). The van der Waals surface area contributed by atoms with Gasteiger partial charge in [0.1, 0.15) is 5.54 Å². The minimum absolute atomic E-state index is 0.266. The maximum atomic E-state index is 12.3. The second-order valence-corrected chi connectivity index (χ2v) is 6.27. The van der Waals surface area contributed by atoms with E-state index in [1.807, 2.05) is 30.3 Å². The summed E-state index contributed by atoms with van der Waals surface area (Å²) in [4.78, 5) is 28.3. The van der Waals surface area contributed by atoms with Crippen LogP contribution in [0.3, 0.4) is 0 Å². The number of carbonyl (C=O) groups excluding carboxylic acids is 2. The normalized spacial score (nSPS) is 12.8. The first-order valence-corrected chi connectivity index (χ1v) is 8.44. The molecule has 5 N–H and O–H groups in total. The van der Waals surface area contributed by atoms with Crippen LogP contribution in [0.1, 0.15) is 21.5 Å². The topological polar surface area (TPSA) is 111 Å². The Morgan fingerprint density at radius 1 is 0.926 bits per heavy atom. The molecule has 6 nitrogen and oxygen atoms in total. The van der Waals surface area contributed by atoms with Gasteiger partial charge in [-0.25, -0.2) is 0 Å². The predicted molar refractivity (Wildman–Crippen MR) is 104 cm³/mol. The molecule has 0 saturated carbocycles. The van der Waals surface area contributed by atoms with Crippen LogP contribution in [0.5, 0.6) is 0 Å². The van der Waals surface area contributed by atoms with Gasteiger partial charge in [-0.3, -0.25) is 14.6 Å². The molecule has 1 aromatic heterocycles. The molecule has 0 saturated heterocycles. The largest absolute Gasteiger partial charge is 0.368 e. The van der Waals surface area contributed by atoms with Gasteiger partial charge >= 0.3 is 0 Å². The first-order valence-electron chi connectivity index (χ1n) is 8.44. The van der Waals surface area contributed by atoms with Crippen molar-refractivity contribution in [3.63, 3.8) is 0 Å². The van der Waals surface area contributed by atoms with E-state index in [4.69, 9.17) is 11.5 Å². The Morgan fingerprint density at radius 2 is 1.56 bits per heavy atom. The van der Waals surface area contributed by atoms with E-state index in [0.717, 1.165) is 5.56 Å². The van der Waals surface area contributed by atoms with Crippen LogP contribution >= 0.6 is 0 Å². The van der Waals surface area contributed by atoms with Gasteiger partial charge in [-0.2, -0.15) is 0 Å². The van der Waals surface area contributed by atoms with Crippen LogP contribution in [0.4, 0.5) is 5.69 Å². The molecule has 3 rings (SSSR count). The predicted octanol–water partition coefficient (Wildman–Crippen LogP) is 2.22. The van der Waals surface area contributed by atoms with Gasteiger partial charge in [0.05, 0.1) is 0 Å². The SMILES string of the molecule is NC(=O)C(N)(Cc1ccccc1)c1ccc(C(=O)Nc2ccncc2)cc1. The summed E-state index contributed by atoms with van der Waals surface area (Å²) in [6, 6.07) is 19.4. The number of nitrogens with zero attached hydrogens (tertiary/aromatic N) is 1. The van der Waals surface area contributed by atoms with E-state index in [9.17, 15) is 9.59 Å². The fraction of sp³-hybridized carbons (Fsp3) is 0.0952. The molecular weight excluding hydrogens is 340 g/mol. The van der Waals surface area contributed by atoms with Crippen LogP contribution in [0.2, 0.25) is 0 Å². The highest BCUT2D eigenvalue weighted by atomic mass is 16.2. The zero-order valence-electron chi connectivity index (χ0n) is 14.6. The van der Waals surface area contributed by atoms with E-state index in [0.29, 0.717) is 16.8 Å². The smallest absolute Gasteiger partial charge is 0.255 e. The summed E-state index contributed by atoms with van der Waals surface area (Å²) in [5.41, 5.74) is 13.2. The lowest BCUT2D eigenvalue weighted by atomic mass is 9.83. The lowest BCUT2D eigenvalue weighted by Crippen LogP contribution is -2.50. The number of carbonyl (C=O) groups is 2. The Morgan fingerprint density at radius 3 is 2.15 bits per heavy atom. The summed E-state index contributed by atoms with van der Waals surface area (Å²) in [7, 11) is 0. The number of primary amides is 1. The Kier molecular flexibility index (Phi) is 5.28. The van der Waals surface area contributed by atoms with Crippen LogP contribution in [0.25, 0.3) is 0 Å². The molecular formula is C21H20N4O2.